The summed E-state index contributed by atoms with van der Waals surface area (Å²) in [5.74, 6) is 0. The molecule has 0 bridgehead atoms. The van der Waals surface area contributed by atoms with E-state index in [4.69, 9.17) is 0 Å². The lowest BCUT2D eigenvalue weighted by atomic mass is 10.1. The summed E-state index contributed by atoms with van der Waals surface area (Å²) in [7, 11) is 0. The van der Waals surface area contributed by atoms with Gasteiger partial charge in [0.2, 0.25) is 0 Å². The zero-order valence-corrected chi connectivity index (χ0v) is 7.49. The monoisotopic (exact) mass is 173 g/mol. The van der Waals surface area contributed by atoms with Crippen LogP contribution in [-0.2, 0) is 0 Å². The van der Waals surface area contributed by atoms with Crippen LogP contribution in [0.15, 0.2) is 37.0 Å². The molecule has 0 fully saturated rings. The quantitative estimate of drug-likeness (QED) is 0.659. The van der Waals surface area contributed by atoms with Crippen molar-refractivity contribution in [2.45, 2.75) is 6.92 Å². The molecular weight excluding hydrogens is 162 g/mol. The normalized spacial score (nSPS) is 10.5. The fraction of sp³-hybridized carbons (Fsp3) is 0.0909. The molecule has 0 saturated heterocycles. The lowest BCUT2D eigenvalue weighted by Gasteiger charge is -2.01. The molecule has 2 rings (SSSR count). The summed E-state index contributed by atoms with van der Waals surface area (Å²) in [6, 6.07) is 7.69. The first kappa shape index (κ1) is 7.92. The van der Waals surface area contributed by atoms with Crippen LogP contribution in [0.25, 0.3) is 16.5 Å². The number of fused-ring (bicyclic) bond motifs is 1. The van der Waals surface area contributed by atoms with Crippen LogP contribution in [0.3, 0.4) is 0 Å². The van der Waals surface area contributed by atoms with Crippen molar-refractivity contribution in [1.82, 2.24) is 4.73 Å². The van der Waals surface area contributed by atoms with Crippen molar-refractivity contribution in [2.75, 3.05) is 0 Å². The van der Waals surface area contributed by atoms with Gasteiger partial charge < -0.3 is 5.21 Å². The first-order valence-electron chi connectivity index (χ1n) is 4.15. The molecule has 2 aromatic rings. The minimum absolute atomic E-state index is 0.820. The smallest absolute Gasteiger partial charge is 0.0871 e. The zero-order chi connectivity index (χ0) is 9.42. The van der Waals surface area contributed by atoms with E-state index >= 15 is 0 Å². The van der Waals surface area contributed by atoms with E-state index in [2.05, 4.69) is 6.58 Å². The highest BCUT2D eigenvalue weighted by molar-refractivity contribution is 5.91. The van der Waals surface area contributed by atoms with Crippen LogP contribution in [-0.4, -0.2) is 9.94 Å². The number of aromatic nitrogens is 1. The lowest BCUT2D eigenvalue weighted by molar-refractivity contribution is 0.200. The van der Waals surface area contributed by atoms with Crippen LogP contribution >= 0.6 is 0 Å². The summed E-state index contributed by atoms with van der Waals surface area (Å²) in [6.45, 7) is 5.86. The summed E-state index contributed by atoms with van der Waals surface area (Å²) in [5, 5.41) is 10.4. The first-order valence-corrected chi connectivity index (χ1v) is 4.15. The molecule has 0 unspecified atom stereocenters. The van der Waals surface area contributed by atoms with Crippen LogP contribution < -0.4 is 0 Å². The lowest BCUT2D eigenvalue weighted by Crippen LogP contribution is -1.86. The third-order valence-corrected chi connectivity index (χ3v) is 2.17. The molecule has 2 nitrogen and oxygen atoms in total. The molecule has 2 heteroatoms. The molecule has 0 aliphatic rings. The maximum absolute atomic E-state index is 9.40. The van der Waals surface area contributed by atoms with Gasteiger partial charge in [0.1, 0.15) is 0 Å². The van der Waals surface area contributed by atoms with Gasteiger partial charge in [0.15, 0.2) is 0 Å². The molecule has 0 aliphatic heterocycles. The van der Waals surface area contributed by atoms with E-state index in [1.165, 1.54) is 0 Å². The van der Waals surface area contributed by atoms with Gasteiger partial charge in [0.05, 0.1) is 5.52 Å². The van der Waals surface area contributed by atoms with Crippen LogP contribution in [0.4, 0.5) is 0 Å². The van der Waals surface area contributed by atoms with E-state index in [1.807, 2.05) is 31.2 Å². The first-order chi connectivity index (χ1) is 6.20. The standard InChI is InChI=1S/C11H11NO/c1-8(2)9-4-3-5-11-10(9)6-7-12(11)13/h3-7,13H,1H2,2H3. The predicted octanol–water partition coefficient (Wildman–Crippen LogP) is 2.91. The Morgan fingerprint density at radius 1 is 1.38 bits per heavy atom. The van der Waals surface area contributed by atoms with Gasteiger partial charge in [0, 0.05) is 11.6 Å². The van der Waals surface area contributed by atoms with Gasteiger partial charge in [-0.05, 0) is 24.6 Å². The van der Waals surface area contributed by atoms with E-state index in [1.54, 1.807) is 6.20 Å². The van der Waals surface area contributed by atoms with Crippen LogP contribution in [0, 0.1) is 0 Å². The van der Waals surface area contributed by atoms with Crippen LogP contribution in [0.2, 0.25) is 0 Å². The summed E-state index contributed by atoms with van der Waals surface area (Å²) in [5.41, 5.74) is 2.92. The van der Waals surface area contributed by atoms with Crippen molar-refractivity contribution < 1.29 is 5.21 Å². The Morgan fingerprint density at radius 2 is 2.15 bits per heavy atom. The van der Waals surface area contributed by atoms with Crippen molar-refractivity contribution >= 4 is 16.5 Å². The molecule has 1 N–H and O–H groups in total. The molecule has 1 heterocycles. The Morgan fingerprint density at radius 3 is 2.85 bits per heavy atom. The molecule has 0 aliphatic carbocycles. The highest BCUT2D eigenvalue weighted by Crippen LogP contribution is 2.23. The van der Waals surface area contributed by atoms with Gasteiger partial charge in [-0.25, -0.2) is 0 Å². The Kier molecular flexibility index (Phi) is 1.62. The van der Waals surface area contributed by atoms with E-state index < -0.39 is 0 Å². The van der Waals surface area contributed by atoms with Crippen molar-refractivity contribution in [3.63, 3.8) is 0 Å². The Balaban J connectivity index is 2.84. The Labute approximate surface area is 76.7 Å². The van der Waals surface area contributed by atoms with Gasteiger partial charge in [-0.1, -0.05) is 24.3 Å². The van der Waals surface area contributed by atoms with E-state index in [0.29, 0.717) is 0 Å². The molecule has 0 saturated carbocycles. The topological polar surface area (TPSA) is 25.2 Å². The zero-order valence-electron chi connectivity index (χ0n) is 7.49. The summed E-state index contributed by atoms with van der Waals surface area (Å²) >= 11 is 0. The largest absolute Gasteiger partial charge is 0.428 e. The van der Waals surface area contributed by atoms with Gasteiger partial charge in [-0.3, -0.25) is 0 Å². The molecule has 0 amide bonds. The Hall–Kier alpha value is -1.70. The molecule has 0 radical (unpaired) electrons. The van der Waals surface area contributed by atoms with Crippen LogP contribution in [0.5, 0.6) is 0 Å². The number of benzene rings is 1. The fourth-order valence-corrected chi connectivity index (χ4v) is 1.53. The highest BCUT2D eigenvalue weighted by Gasteiger charge is 2.04. The van der Waals surface area contributed by atoms with Crippen molar-refractivity contribution in [1.29, 1.82) is 0 Å². The summed E-state index contributed by atoms with van der Waals surface area (Å²) in [4.78, 5) is 0. The second kappa shape index (κ2) is 2.66. The molecule has 66 valence electrons. The summed E-state index contributed by atoms with van der Waals surface area (Å²) in [6.07, 6.45) is 1.64. The van der Waals surface area contributed by atoms with Crippen molar-refractivity contribution in [3.05, 3.63) is 42.6 Å². The van der Waals surface area contributed by atoms with E-state index in [0.717, 1.165) is 26.8 Å². The minimum atomic E-state index is 0.820. The molecular formula is C11H11NO. The van der Waals surface area contributed by atoms with E-state index in [9.17, 15) is 5.21 Å². The predicted molar refractivity (Wildman–Crippen MR) is 53.8 cm³/mol. The number of rotatable bonds is 1. The van der Waals surface area contributed by atoms with Crippen molar-refractivity contribution in [2.24, 2.45) is 0 Å². The third kappa shape index (κ3) is 1.11. The SMILES string of the molecule is C=C(C)c1cccc2c1ccn2O. The third-order valence-electron chi connectivity index (χ3n) is 2.17. The van der Waals surface area contributed by atoms with Gasteiger partial charge in [-0.2, -0.15) is 4.73 Å². The van der Waals surface area contributed by atoms with Gasteiger partial charge >= 0.3 is 0 Å². The maximum Gasteiger partial charge on any atom is 0.0871 e. The Bertz CT molecular complexity index is 468. The fourth-order valence-electron chi connectivity index (χ4n) is 1.53. The minimum Gasteiger partial charge on any atom is -0.428 e. The second-order valence-electron chi connectivity index (χ2n) is 3.18. The van der Waals surface area contributed by atoms with Gasteiger partial charge in [0.25, 0.3) is 0 Å². The molecule has 1 aromatic carbocycles. The number of hydrogen-bond donors (Lipinski definition) is 1. The average Bonchev–Trinajstić information content (AvgIpc) is 2.48. The van der Waals surface area contributed by atoms with Crippen LogP contribution in [0.1, 0.15) is 12.5 Å². The number of nitrogens with zero attached hydrogens (tertiary/aromatic N) is 1. The number of hydrogen-bond acceptors (Lipinski definition) is 1. The maximum atomic E-state index is 9.40. The molecule has 0 spiro atoms. The second-order valence-corrected chi connectivity index (χ2v) is 3.18. The van der Waals surface area contributed by atoms with Crippen molar-refractivity contribution in [3.8, 4) is 0 Å². The summed E-state index contributed by atoms with van der Waals surface area (Å²) < 4.78 is 1.13. The average molecular weight is 173 g/mol. The van der Waals surface area contributed by atoms with E-state index in [-0.39, 0.29) is 0 Å². The highest BCUT2D eigenvalue weighted by atomic mass is 16.5. The van der Waals surface area contributed by atoms with Gasteiger partial charge in [-0.15, -0.1) is 0 Å². The molecule has 0 atom stereocenters. The number of allylic oxidation sites excluding steroid dienone is 1. The molecule has 13 heavy (non-hydrogen) atoms. The molecule has 1 aromatic heterocycles.